The zero-order valence-electron chi connectivity index (χ0n) is 23.9. The molecular weight excluding hydrogens is 586 g/mol. The summed E-state index contributed by atoms with van der Waals surface area (Å²) in [6.07, 6.45) is 4.20. The van der Waals surface area contributed by atoms with Crippen LogP contribution in [0.25, 0.3) is 11.1 Å². The number of nitrogens with zero attached hydrogens (tertiary/aromatic N) is 7. The van der Waals surface area contributed by atoms with E-state index in [9.17, 15) is 13.9 Å². The Morgan fingerprint density at radius 1 is 0.911 bits per heavy atom. The number of aromatic nitrogens is 5. The van der Waals surface area contributed by atoms with E-state index in [0.717, 1.165) is 66.4 Å². The first-order chi connectivity index (χ1) is 21.7. The molecule has 0 spiro atoms. The van der Waals surface area contributed by atoms with E-state index in [4.69, 9.17) is 5.26 Å². The van der Waals surface area contributed by atoms with E-state index in [0.29, 0.717) is 23.1 Å². The van der Waals surface area contributed by atoms with E-state index in [2.05, 4.69) is 31.5 Å². The lowest BCUT2D eigenvalue weighted by atomic mass is 9.84. The molecule has 0 bridgehead atoms. The fraction of sp³-hybridized carbons (Fsp3) is 0.242. The van der Waals surface area contributed by atoms with Crippen LogP contribution >= 0.6 is 0 Å². The summed E-state index contributed by atoms with van der Waals surface area (Å²) in [5, 5.41) is 30.7. The van der Waals surface area contributed by atoms with Gasteiger partial charge in [0.15, 0.2) is 5.60 Å². The highest BCUT2D eigenvalue weighted by molar-refractivity contribution is 5.63. The number of hydrogen-bond donors (Lipinski definition) is 1. The maximum Gasteiger partial charge on any atom is 0.323 e. The summed E-state index contributed by atoms with van der Waals surface area (Å²) in [6, 6.07) is 22.1. The van der Waals surface area contributed by atoms with Gasteiger partial charge in [0.05, 0.1) is 18.2 Å². The van der Waals surface area contributed by atoms with Gasteiger partial charge in [-0.05, 0) is 82.8 Å². The average molecular weight is 614 g/mol. The molecule has 228 valence electrons. The summed E-state index contributed by atoms with van der Waals surface area (Å²) in [6.45, 7) is 0.853. The summed E-state index contributed by atoms with van der Waals surface area (Å²) < 4.78 is 61.3. The van der Waals surface area contributed by atoms with Crippen LogP contribution in [0.15, 0.2) is 91.4 Å². The number of alkyl halides is 2. The number of anilines is 1. The second-order valence-electron chi connectivity index (χ2n) is 11.0. The van der Waals surface area contributed by atoms with Crippen molar-refractivity contribution < 1.29 is 22.7 Å². The lowest BCUT2D eigenvalue weighted by Gasteiger charge is -2.35. The Balaban J connectivity index is 1.18. The smallest absolute Gasteiger partial charge is 0.323 e. The van der Waals surface area contributed by atoms with Crippen LogP contribution in [0, 0.1) is 23.0 Å². The Hall–Kier alpha value is -5.15. The van der Waals surface area contributed by atoms with Crippen molar-refractivity contribution in [2.75, 3.05) is 18.0 Å². The summed E-state index contributed by atoms with van der Waals surface area (Å²) in [5.41, 5.74) is -0.575. The zero-order chi connectivity index (χ0) is 31.6. The SMILES string of the molecule is N#Cc1ccc(N2CCC(c3ccc(-c4ccc(C(F)(F)C(O)(Cn5cnnn5)c5ccc(F)cc5F)nc4)cc3)CC2)cc1. The van der Waals surface area contributed by atoms with Crippen molar-refractivity contribution in [1.29, 1.82) is 5.26 Å². The highest BCUT2D eigenvalue weighted by Gasteiger charge is 2.58. The molecule has 6 rings (SSSR count). The minimum Gasteiger partial charge on any atom is -0.377 e. The summed E-state index contributed by atoms with van der Waals surface area (Å²) >= 11 is 0. The van der Waals surface area contributed by atoms with Crippen molar-refractivity contribution in [1.82, 2.24) is 25.2 Å². The highest BCUT2D eigenvalue weighted by atomic mass is 19.3. The van der Waals surface area contributed by atoms with Gasteiger partial charge < -0.3 is 10.0 Å². The summed E-state index contributed by atoms with van der Waals surface area (Å²) in [7, 11) is 0. The van der Waals surface area contributed by atoms with Gasteiger partial charge in [-0.1, -0.05) is 30.3 Å². The first-order valence-corrected chi connectivity index (χ1v) is 14.3. The van der Waals surface area contributed by atoms with Gasteiger partial charge >= 0.3 is 5.92 Å². The van der Waals surface area contributed by atoms with Gasteiger partial charge in [0.2, 0.25) is 0 Å². The molecule has 8 nitrogen and oxygen atoms in total. The van der Waals surface area contributed by atoms with Crippen LogP contribution in [0.1, 0.15) is 41.1 Å². The van der Waals surface area contributed by atoms with Crippen LogP contribution in [0.5, 0.6) is 0 Å². The number of rotatable bonds is 8. The largest absolute Gasteiger partial charge is 0.377 e. The third-order valence-corrected chi connectivity index (χ3v) is 8.34. The molecule has 5 aromatic rings. The van der Waals surface area contributed by atoms with Crippen molar-refractivity contribution in [3.63, 3.8) is 0 Å². The minimum absolute atomic E-state index is 0.373. The second-order valence-corrected chi connectivity index (χ2v) is 11.0. The molecule has 12 heteroatoms. The van der Waals surface area contributed by atoms with E-state index >= 15 is 8.78 Å². The minimum atomic E-state index is -4.13. The quantitative estimate of drug-likeness (QED) is 0.216. The van der Waals surface area contributed by atoms with Crippen molar-refractivity contribution >= 4 is 5.69 Å². The van der Waals surface area contributed by atoms with Crippen LogP contribution in [-0.4, -0.2) is 43.4 Å². The maximum atomic E-state index is 16.1. The van der Waals surface area contributed by atoms with Crippen molar-refractivity contribution in [2.24, 2.45) is 0 Å². The Morgan fingerprint density at radius 2 is 1.62 bits per heavy atom. The maximum absolute atomic E-state index is 16.1. The monoisotopic (exact) mass is 613 g/mol. The molecule has 1 N–H and O–H groups in total. The predicted molar refractivity (Wildman–Crippen MR) is 157 cm³/mol. The first kappa shape index (κ1) is 29.9. The summed E-state index contributed by atoms with van der Waals surface area (Å²) in [5.74, 6) is -6.09. The van der Waals surface area contributed by atoms with E-state index in [1.807, 2.05) is 48.5 Å². The van der Waals surface area contributed by atoms with Gasteiger partial charge in [0, 0.05) is 42.2 Å². The molecule has 0 radical (unpaired) electrons. The van der Waals surface area contributed by atoms with Crippen molar-refractivity contribution in [3.8, 4) is 17.2 Å². The van der Waals surface area contributed by atoms with Gasteiger partial charge in [-0.2, -0.15) is 14.0 Å². The van der Waals surface area contributed by atoms with Gasteiger partial charge in [0.25, 0.3) is 0 Å². The molecule has 1 atom stereocenters. The van der Waals surface area contributed by atoms with Gasteiger partial charge in [-0.15, -0.1) is 5.10 Å². The number of halogens is 4. The molecule has 1 aliphatic heterocycles. The second kappa shape index (κ2) is 12.1. The van der Waals surface area contributed by atoms with Gasteiger partial charge in [-0.25, -0.2) is 13.5 Å². The number of tetrazole rings is 1. The lowest BCUT2D eigenvalue weighted by molar-refractivity contribution is -0.207. The molecule has 1 saturated heterocycles. The van der Waals surface area contributed by atoms with Crippen LogP contribution in [0.2, 0.25) is 0 Å². The molecule has 1 fully saturated rings. The molecule has 1 unspecified atom stereocenters. The molecular formula is C33H27F4N7O. The zero-order valence-corrected chi connectivity index (χ0v) is 23.9. The highest BCUT2D eigenvalue weighted by Crippen LogP contribution is 2.47. The Kier molecular flexibility index (Phi) is 8.03. The molecule has 3 aromatic carbocycles. The molecule has 0 aliphatic carbocycles. The van der Waals surface area contributed by atoms with Crippen LogP contribution in [0.3, 0.4) is 0 Å². The molecule has 3 heterocycles. The average Bonchev–Trinajstić information content (AvgIpc) is 3.58. The van der Waals surface area contributed by atoms with E-state index in [1.54, 1.807) is 0 Å². The van der Waals surface area contributed by atoms with E-state index < -0.39 is 41.0 Å². The third kappa shape index (κ3) is 5.86. The summed E-state index contributed by atoms with van der Waals surface area (Å²) in [4.78, 5) is 6.27. The predicted octanol–water partition coefficient (Wildman–Crippen LogP) is 5.95. The van der Waals surface area contributed by atoms with Crippen LogP contribution < -0.4 is 4.90 Å². The topological polar surface area (TPSA) is 104 Å². The van der Waals surface area contributed by atoms with E-state index in [1.165, 1.54) is 17.8 Å². The molecule has 2 aromatic heterocycles. The van der Waals surface area contributed by atoms with Crippen LogP contribution in [0.4, 0.5) is 23.2 Å². The number of piperidine rings is 1. The fourth-order valence-electron chi connectivity index (χ4n) is 5.79. The van der Waals surface area contributed by atoms with Gasteiger partial charge in [-0.3, -0.25) is 4.98 Å². The number of pyridine rings is 1. The van der Waals surface area contributed by atoms with Crippen molar-refractivity contribution in [3.05, 3.63) is 125 Å². The number of aliphatic hydroxyl groups is 1. The molecule has 1 aliphatic rings. The Morgan fingerprint density at radius 3 is 2.22 bits per heavy atom. The molecule has 0 saturated carbocycles. The molecule has 45 heavy (non-hydrogen) atoms. The Labute approximate surface area is 256 Å². The Bertz CT molecular complexity index is 1800. The molecule has 0 amide bonds. The standard InChI is InChI=1S/C33H27F4N7O/c34-27-8-11-29(30(35)17-27)32(45,20-44-21-40-41-42-44)33(36,37)31-12-7-26(19-39-31)24-5-3-23(4-6-24)25-13-15-43(16-14-25)28-9-1-22(18-38)2-10-28/h1-12,17,19,21,25,45H,13-16,20H2. The van der Waals surface area contributed by atoms with Crippen molar-refractivity contribution in [2.45, 2.75) is 36.8 Å². The third-order valence-electron chi connectivity index (χ3n) is 8.34. The number of nitriles is 1. The van der Waals surface area contributed by atoms with E-state index in [-0.39, 0.29) is 0 Å². The number of benzene rings is 3. The first-order valence-electron chi connectivity index (χ1n) is 14.3. The van der Waals surface area contributed by atoms with Crippen LogP contribution in [-0.2, 0) is 18.1 Å². The lowest BCUT2D eigenvalue weighted by Crippen LogP contribution is -2.48. The fourth-order valence-corrected chi connectivity index (χ4v) is 5.79. The number of hydrogen-bond acceptors (Lipinski definition) is 7. The normalized spacial score (nSPS) is 15.4. The van der Waals surface area contributed by atoms with Gasteiger partial charge in [0.1, 0.15) is 23.7 Å².